The summed E-state index contributed by atoms with van der Waals surface area (Å²) < 4.78 is 11.3. The molecule has 2 rings (SSSR count). The van der Waals surface area contributed by atoms with Crippen molar-refractivity contribution in [2.45, 2.75) is 71.1 Å². The number of aromatic nitrogens is 2. The minimum absolute atomic E-state index is 0.253. The SMILES string of the molecule is CCCCCOCCCCOc1cnc(-c2ccc(CCCCCC(=O)O)cc2)nc1. The first kappa shape index (κ1) is 24.8. The van der Waals surface area contributed by atoms with E-state index < -0.39 is 5.97 Å². The van der Waals surface area contributed by atoms with Gasteiger partial charge in [-0.15, -0.1) is 0 Å². The van der Waals surface area contributed by atoms with Crippen molar-refractivity contribution in [3.8, 4) is 17.1 Å². The van der Waals surface area contributed by atoms with Crippen molar-refractivity contribution in [1.29, 1.82) is 0 Å². The van der Waals surface area contributed by atoms with Crippen molar-refractivity contribution < 1.29 is 19.4 Å². The number of nitrogens with zero attached hydrogens (tertiary/aromatic N) is 2. The van der Waals surface area contributed by atoms with E-state index in [1.807, 2.05) is 12.1 Å². The molecule has 170 valence electrons. The molecule has 0 radical (unpaired) electrons. The van der Waals surface area contributed by atoms with Crippen LogP contribution in [0, 0.1) is 0 Å². The zero-order valence-corrected chi connectivity index (χ0v) is 18.7. The van der Waals surface area contributed by atoms with Gasteiger partial charge in [-0.1, -0.05) is 50.5 Å². The van der Waals surface area contributed by atoms with Crippen LogP contribution in [0.2, 0.25) is 0 Å². The largest absolute Gasteiger partial charge is 0.490 e. The Kier molecular flexibility index (Phi) is 12.3. The molecule has 0 aliphatic carbocycles. The van der Waals surface area contributed by atoms with Crippen LogP contribution in [-0.2, 0) is 16.0 Å². The Morgan fingerprint density at radius 1 is 0.871 bits per heavy atom. The molecule has 0 atom stereocenters. The van der Waals surface area contributed by atoms with Gasteiger partial charge in [0.15, 0.2) is 11.6 Å². The number of aryl methyl sites for hydroxylation is 1. The van der Waals surface area contributed by atoms with Crippen molar-refractivity contribution in [1.82, 2.24) is 9.97 Å². The second kappa shape index (κ2) is 15.3. The summed E-state index contributed by atoms with van der Waals surface area (Å²) in [5.41, 5.74) is 2.22. The number of benzene rings is 1. The highest BCUT2D eigenvalue weighted by Crippen LogP contribution is 2.18. The zero-order chi connectivity index (χ0) is 22.2. The van der Waals surface area contributed by atoms with Crippen LogP contribution in [0.1, 0.15) is 70.3 Å². The summed E-state index contributed by atoms with van der Waals surface area (Å²) in [4.78, 5) is 19.4. The molecule has 0 aliphatic rings. The van der Waals surface area contributed by atoms with Crippen LogP contribution < -0.4 is 4.74 Å². The van der Waals surface area contributed by atoms with Crippen molar-refractivity contribution in [3.63, 3.8) is 0 Å². The maximum absolute atomic E-state index is 10.5. The normalized spacial score (nSPS) is 10.9. The Balaban J connectivity index is 1.64. The van der Waals surface area contributed by atoms with Crippen LogP contribution in [0.25, 0.3) is 11.4 Å². The molecular formula is C25H36N2O4. The average Bonchev–Trinajstić information content (AvgIpc) is 2.78. The van der Waals surface area contributed by atoms with Crippen LogP contribution >= 0.6 is 0 Å². The second-order valence-electron chi connectivity index (χ2n) is 7.77. The van der Waals surface area contributed by atoms with E-state index in [0.29, 0.717) is 18.2 Å². The summed E-state index contributed by atoms with van der Waals surface area (Å²) in [5, 5.41) is 8.67. The molecule has 1 aromatic heterocycles. The highest BCUT2D eigenvalue weighted by Gasteiger charge is 2.03. The highest BCUT2D eigenvalue weighted by atomic mass is 16.5. The average molecular weight is 429 g/mol. The maximum atomic E-state index is 10.5. The Bertz CT molecular complexity index is 732. The van der Waals surface area contributed by atoms with Gasteiger partial charge in [-0.05, 0) is 44.1 Å². The molecule has 0 amide bonds. The van der Waals surface area contributed by atoms with E-state index in [2.05, 4.69) is 29.0 Å². The lowest BCUT2D eigenvalue weighted by atomic mass is 10.0. The van der Waals surface area contributed by atoms with Gasteiger partial charge in [0.25, 0.3) is 0 Å². The molecule has 0 spiro atoms. The third kappa shape index (κ3) is 10.9. The van der Waals surface area contributed by atoms with Gasteiger partial charge in [0.1, 0.15) is 0 Å². The lowest BCUT2D eigenvalue weighted by Gasteiger charge is -2.07. The number of hydrogen-bond donors (Lipinski definition) is 1. The quantitative estimate of drug-likeness (QED) is 0.326. The van der Waals surface area contributed by atoms with E-state index >= 15 is 0 Å². The molecule has 6 nitrogen and oxygen atoms in total. The minimum Gasteiger partial charge on any atom is -0.490 e. The van der Waals surface area contributed by atoms with E-state index in [1.165, 1.54) is 18.4 Å². The number of carbonyl (C=O) groups is 1. The Morgan fingerprint density at radius 3 is 2.23 bits per heavy atom. The predicted octanol–water partition coefficient (Wildman–Crippen LogP) is 5.70. The molecule has 0 bridgehead atoms. The summed E-state index contributed by atoms with van der Waals surface area (Å²) in [5.74, 6) is 0.648. The van der Waals surface area contributed by atoms with Crippen LogP contribution in [0.5, 0.6) is 5.75 Å². The predicted molar refractivity (Wildman–Crippen MR) is 122 cm³/mol. The Hall–Kier alpha value is -2.47. The third-order valence-electron chi connectivity index (χ3n) is 5.04. The smallest absolute Gasteiger partial charge is 0.303 e. The van der Waals surface area contributed by atoms with Gasteiger partial charge >= 0.3 is 5.97 Å². The molecule has 0 saturated carbocycles. The molecule has 6 heteroatoms. The fourth-order valence-electron chi connectivity index (χ4n) is 3.19. The maximum Gasteiger partial charge on any atom is 0.303 e. The number of aliphatic carboxylic acids is 1. The number of hydrogen-bond acceptors (Lipinski definition) is 5. The first-order chi connectivity index (χ1) is 15.2. The van der Waals surface area contributed by atoms with Crippen LogP contribution in [0.15, 0.2) is 36.7 Å². The van der Waals surface area contributed by atoms with E-state index in [0.717, 1.165) is 63.7 Å². The van der Waals surface area contributed by atoms with Gasteiger partial charge in [0.05, 0.1) is 19.0 Å². The number of rotatable bonds is 17. The van der Waals surface area contributed by atoms with Crippen molar-refractivity contribution in [2.24, 2.45) is 0 Å². The molecule has 0 saturated heterocycles. The molecular weight excluding hydrogens is 392 g/mol. The fourth-order valence-corrected chi connectivity index (χ4v) is 3.19. The fraction of sp³-hybridized carbons (Fsp3) is 0.560. The zero-order valence-electron chi connectivity index (χ0n) is 18.7. The van der Waals surface area contributed by atoms with E-state index in [-0.39, 0.29) is 6.42 Å². The summed E-state index contributed by atoms with van der Waals surface area (Å²) in [7, 11) is 0. The van der Waals surface area contributed by atoms with Gasteiger partial charge in [-0.25, -0.2) is 9.97 Å². The van der Waals surface area contributed by atoms with Gasteiger partial charge in [-0.2, -0.15) is 0 Å². The number of carboxylic acid groups (broad SMARTS) is 1. The monoisotopic (exact) mass is 428 g/mol. The van der Waals surface area contributed by atoms with E-state index in [9.17, 15) is 4.79 Å². The van der Waals surface area contributed by atoms with Gasteiger partial charge in [0, 0.05) is 25.2 Å². The topological polar surface area (TPSA) is 81.5 Å². The van der Waals surface area contributed by atoms with Crippen LogP contribution in [0.4, 0.5) is 0 Å². The highest BCUT2D eigenvalue weighted by molar-refractivity contribution is 5.66. The Morgan fingerprint density at radius 2 is 1.55 bits per heavy atom. The van der Waals surface area contributed by atoms with Gasteiger partial charge in [0.2, 0.25) is 0 Å². The summed E-state index contributed by atoms with van der Waals surface area (Å²) >= 11 is 0. The number of carboxylic acids is 1. The van der Waals surface area contributed by atoms with Crippen molar-refractivity contribution in [3.05, 3.63) is 42.2 Å². The summed E-state index contributed by atoms with van der Waals surface area (Å²) in [6.45, 7) is 4.49. The number of ether oxygens (including phenoxy) is 2. The first-order valence-electron chi connectivity index (χ1n) is 11.5. The summed E-state index contributed by atoms with van der Waals surface area (Å²) in [6.07, 6.45) is 12.9. The molecule has 0 aliphatic heterocycles. The van der Waals surface area contributed by atoms with Crippen LogP contribution in [-0.4, -0.2) is 40.9 Å². The first-order valence-corrected chi connectivity index (χ1v) is 11.5. The standard InChI is InChI=1S/C25H36N2O4/c1-2-3-7-16-30-17-8-9-18-31-23-19-26-25(27-20-23)22-14-12-21(13-15-22)10-5-4-6-11-24(28)29/h12-15,19-20H,2-11,16-18H2,1H3,(H,28,29). The molecule has 1 N–H and O–H groups in total. The molecule has 0 unspecified atom stereocenters. The lowest BCUT2D eigenvalue weighted by Crippen LogP contribution is -2.02. The molecule has 1 aromatic carbocycles. The van der Waals surface area contributed by atoms with E-state index in [1.54, 1.807) is 12.4 Å². The van der Waals surface area contributed by atoms with Crippen molar-refractivity contribution >= 4 is 5.97 Å². The van der Waals surface area contributed by atoms with E-state index in [4.69, 9.17) is 14.6 Å². The second-order valence-corrected chi connectivity index (χ2v) is 7.77. The van der Waals surface area contributed by atoms with Gasteiger partial charge in [-0.3, -0.25) is 4.79 Å². The summed E-state index contributed by atoms with van der Waals surface area (Å²) in [6, 6.07) is 8.24. The molecule has 2 aromatic rings. The lowest BCUT2D eigenvalue weighted by molar-refractivity contribution is -0.137. The third-order valence-corrected chi connectivity index (χ3v) is 5.04. The molecule has 0 fully saturated rings. The Labute approximate surface area is 186 Å². The number of unbranched alkanes of at least 4 members (excludes halogenated alkanes) is 5. The molecule has 31 heavy (non-hydrogen) atoms. The van der Waals surface area contributed by atoms with Crippen molar-refractivity contribution in [2.75, 3.05) is 19.8 Å². The van der Waals surface area contributed by atoms with Crippen LogP contribution in [0.3, 0.4) is 0 Å². The molecule has 1 heterocycles. The van der Waals surface area contributed by atoms with Gasteiger partial charge < -0.3 is 14.6 Å². The minimum atomic E-state index is -0.719.